The van der Waals surface area contributed by atoms with Crippen molar-refractivity contribution in [2.75, 3.05) is 13.1 Å². The summed E-state index contributed by atoms with van der Waals surface area (Å²) in [7, 11) is 0. The maximum absolute atomic E-state index is 13.6. The molecule has 5 rings (SSSR count). The standard InChI is InChI=1S/C28H28ClF2N3O2/c29-25-14-20(27(36)34-11-6-23(35)7-12-34)1-2-24(25)22-13-21(16-32-17-22)19-5-10-33-26(15-19)18-3-8-28(30,31)9-4-18/h1-2,5,10,13-18,23,35H,3-4,6-9,11-12H2. The van der Waals surface area contributed by atoms with Gasteiger partial charge < -0.3 is 10.0 Å². The van der Waals surface area contributed by atoms with Crippen LogP contribution in [0.15, 0.2) is 55.0 Å². The molecule has 2 fully saturated rings. The third-order valence-electron chi connectivity index (χ3n) is 7.27. The van der Waals surface area contributed by atoms with Gasteiger partial charge in [-0.15, -0.1) is 0 Å². The van der Waals surface area contributed by atoms with E-state index in [2.05, 4.69) is 9.97 Å². The van der Waals surface area contributed by atoms with E-state index >= 15 is 0 Å². The largest absolute Gasteiger partial charge is 0.393 e. The Morgan fingerprint density at radius 2 is 1.69 bits per heavy atom. The summed E-state index contributed by atoms with van der Waals surface area (Å²) in [5.41, 5.74) is 4.72. The van der Waals surface area contributed by atoms with Crippen molar-refractivity contribution in [2.24, 2.45) is 0 Å². The van der Waals surface area contributed by atoms with Gasteiger partial charge in [0.1, 0.15) is 0 Å². The normalized spacial score (nSPS) is 18.8. The van der Waals surface area contributed by atoms with Gasteiger partial charge in [0, 0.05) is 83.4 Å². The lowest BCUT2D eigenvalue weighted by molar-refractivity contribution is -0.0384. The molecule has 0 atom stereocenters. The zero-order valence-electron chi connectivity index (χ0n) is 19.8. The van der Waals surface area contributed by atoms with Crippen LogP contribution in [0.3, 0.4) is 0 Å². The quantitative estimate of drug-likeness (QED) is 0.443. The predicted octanol–water partition coefficient (Wildman–Crippen LogP) is 6.35. The number of rotatable bonds is 4. The van der Waals surface area contributed by atoms with Gasteiger partial charge in [0.05, 0.1) is 6.10 Å². The molecule has 0 unspecified atom stereocenters. The van der Waals surface area contributed by atoms with Gasteiger partial charge in [0.25, 0.3) is 5.91 Å². The molecule has 3 aromatic rings. The number of alkyl halides is 2. The number of benzene rings is 1. The first-order valence-corrected chi connectivity index (χ1v) is 12.7. The first kappa shape index (κ1) is 24.8. The van der Waals surface area contributed by atoms with Crippen LogP contribution in [0, 0.1) is 0 Å². The lowest BCUT2D eigenvalue weighted by atomic mass is 9.84. The van der Waals surface area contributed by atoms with Crippen molar-refractivity contribution in [3.8, 4) is 22.3 Å². The van der Waals surface area contributed by atoms with Crippen molar-refractivity contribution in [1.82, 2.24) is 14.9 Å². The third-order valence-corrected chi connectivity index (χ3v) is 7.58. The highest BCUT2D eigenvalue weighted by Gasteiger charge is 2.35. The SMILES string of the molecule is O=C(c1ccc(-c2cncc(-c3ccnc(C4CCC(F)(F)CC4)c3)c2)c(Cl)c1)N1CCC(O)CC1. The van der Waals surface area contributed by atoms with E-state index in [1.807, 2.05) is 24.3 Å². The van der Waals surface area contributed by atoms with Gasteiger partial charge in [-0.25, -0.2) is 8.78 Å². The smallest absolute Gasteiger partial charge is 0.253 e. The molecule has 0 radical (unpaired) electrons. The lowest BCUT2D eigenvalue weighted by Crippen LogP contribution is -2.40. The Morgan fingerprint density at radius 3 is 2.42 bits per heavy atom. The molecular formula is C28H28ClF2N3O2. The minimum atomic E-state index is -2.57. The van der Waals surface area contributed by atoms with Crippen LogP contribution in [-0.4, -0.2) is 51.0 Å². The second kappa shape index (κ2) is 10.2. The number of carbonyl (C=O) groups excluding carboxylic acids is 1. The number of hydrogen-bond donors (Lipinski definition) is 1. The van der Waals surface area contributed by atoms with Crippen LogP contribution in [-0.2, 0) is 0 Å². The fourth-order valence-corrected chi connectivity index (χ4v) is 5.36. The van der Waals surface area contributed by atoms with Crippen LogP contribution in [0.2, 0.25) is 5.02 Å². The molecule has 1 aliphatic heterocycles. The molecular weight excluding hydrogens is 484 g/mol. The van der Waals surface area contributed by atoms with E-state index in [0.29, 0.717) is 49.4 Å². The van der Waals surface area contributed by atoms with Gasteiger partial charge >= 0.3 is 0 Å². The summed E-state index contributed by atoms with van der Waals surface area (Å²) in [5, 5.41) is 10.1. The summed E-state index contributed by atoms with van der Waals surface area (Å²) < 4.78 is 27.2. The van der Waals surface area contributed by atoms with E-state index < -0.39 is 5.92 Å². The molecule has 1 N–H and O–H groups in total. The molecule has 0 bridgehead atoms. The number of amides is 1. The number of pyridine rings is 2. The third kappa shape index (κ3) is 5.42. The Hall–Kier alpha value is -2.90. The molecule has 1 saturated heterocycles. The molecule has 5 nitrogen and oxygen atoms in total. The summed E-state index contributed by atoms with van der Waals surface area (Å²) >= 11 is 6.61. The molecule has 36 heavy (non-hydrogen) atoms. The molecule has 2 aromatic heterocycles. The number of carbonyl (C=O) groups is 1. The molecule has 1 aromatic carbocycles. The zero-order valence-corrected chi connectivity index (χ0v) is 20.6. The van der Waals surface area contributed by atoms with Crippen LogP contribution < -0.4 is 0 Å². The molecule has 188 valence electrons. The Bertz CT molecular complexity index is 1250. The van der Waals surface area contributed by atoms with Gasteiger partial charge in [-0.1, -0.05) is 17.7 Å². The minimum absolute atomic E-state index is 0.0309. The molecule has 2 aliphatic rings. The molecule has 8 heteroatoms. The summed E-state index contributed by atoms with van der Waals surface area (Å²) in [4.78, 5) is 23.5. The van der Waals surface area contributed by atoms with Gasteiger partial charge in [-0.2, -0.15) is 0 Å². The van der Waals surface area contributed by atoms with Crippen LogP contribution in [0.4, 0.5) is 8.78 Å². The number of likely N-dealkylation sites (tertiary alicyclic amines) is 1. The minimum Gasteiger partial charge on any atom is -0.393 e. The van der Waals surface area contributed by atoms with Crippen LogP contribution in [0.25, 0.3) is 22.3 Å². The monoisotopic (exact) mass is 511 g/mol. The van der Waals surface area contributed by atoms with Crippen molar-refractivity contribution in [1.29, 1.82) is 0 Å². The van der Waals surface area contributed by atoms with Gasteiger partial charge in [0.2, 0.25) is 5.92 Å². The summed E-state index contributed by atoms with van der Waals surface area (Å²) in [6.07, 6.45) is 6.69. The number of aliphatic hydroxyl groups excluding tert-OH is 1. The highest BCUT2D eigenvalue weighted by molar-refractivity contribution is 6.33. The van der Waals surface area contributed by atoms with E-state index in [-0.39, 0.29) is 30.8 Å². The van der Waals surface area contributed by atoms with Crippen molar-refractivity contribution in [2.45, 2.75) is 56.5 Å². The number of piperidine rings is 1. The average Bonchev–Trinajstić information content (AvgIpc) is 2.89. The second-order valence-corrected chi connectivity index (χ2v) is 10.2. The lowest BCUT2D eigenvalue weighted by Gasteiger charge is -2.29. The maximum Gasteiger partial charge on any atom is 0.253 e. The molecule has 1 saturated carbocycles. The first-order chi connectivity index (χ1) is 17.3. The Kier molecular flexibility index (Phi) is 7.04. The summed E-state index contributed by atoms with van der Waals surface area (Å²) in [5.74, 6) is -2.63. The number of nitrogens with zero attached hydrogens (tertiary/aromatic N) is 3. The van der Waals surface area contributed by atoms with Crippen LogP contribution >= 0.6 is 11.6 Å². The molecule has 1 amide bonds. The first-order valence-electron chi connectivity index (χ1n) is 12.4. The van der Waals surface area contributed by atoms with E-state index in [1.165, 1.54) is 0 Å². The number of halogens is 3. The molecule has 0 spiro atoms. The van der Waals surface area contributed by atoms with Gasteiger partial charge in [-0.05, 0) is 61.6 Å². The maximum atomic E-state index is 13.6. The number of aliphatic hydroxyl groups is 1. The van der Waals surface area contributed by atoms with E-state index in [9.17, 15) is 18.7 Å². The highest BCUT2D eigenvalue weighted by Crippen LogP contribution is 2.41. The van der Waals surface area contributed by atoms with Crippen molar-refractivity contribution in [3.63, 3.8) is 0 Å². The predicted molar refractivity (Wildman–Crippen MR) is 135 cm³/mol. The van der Waals surface area contributed by atoms with Crippen LogP contribution in [0.1, 0.15) is 60.5 Å². The summed E-state index contributed by atoms with van der Waals surface area (Å²) in [6, 6.07) is 11.1. The number of aromatic nitrogens is 2. The highest BCUT2D eigenvalue weighted by atomic mass is 35.5. The van der Waals surface area contributed by atoms with Crippen LogP contribution in [0.5, 0.6) is 0 Å². The van der Waals surface area contributed by atoms with Gasteiger partial charge in [-0.3, -0.25) is 14.8 Å². The van der Waals surface area contributed by atoms with E-state index in [1.54, 1.807) is 35.6 Å². The van der Waals surface area contributed by atoms with Crippen molar-refractivity contribution >= 4 is 17.5 Å². The zero-order chi connectivity index (χ0) is 25.3. The van der Waals surface area contributed by atoms with Crippen molar-refractivity contribution in [3.05, 3.63) is 71.3 Å². The van der Waals surface area contributed by atoms with Crippen molar-refractivity contribution < 1.29 is 18.7 Å². The number of hydrogen-bond acceptors (Lipinski definition) is 4. The average molecular weight is 512 g/mol. The molecule has 1 aliphatic carbocycles. The Morgan fingerprint density at radius 1 is 0.972 bits per heavy atom. The van der Waals surface area contributed by atoms with E-state index in [4.69, 9.17) is 11.6 Å². The summed E-state index contributed by atoms with van der Waals surface area (Å²) in [6.45, 7) is 1.06. The Balaban J connectivity index is 1.36. The topological polar surface area (TPSA) is 66.3 Å². The van der Waals surface area contributed by atoms with E-state index in [0.717, 1.165) is 27.9 Å². The fraction of sp³-hybridized carbons (Fsp3) is 0.393. The molecule has 3 heterocycles. The van der Waals surface area contributed by atoms with Gasteiger partial charge in [0.15, 0.2) is 0 Å². The fourth-order valence-electron chi connectivity index (χ4n) is 5.07. The Labute approximate surface area is 214 Å². The second-order valence-electron chi connectivity index (χ2n) is 9.78.